The number of benzene rings is 1. The zero-order chi connectivity index (χ0) is 19.6. The molecule has 2 fully saturated rings. The van der Waals surface area contributed by atoms with Gasteiger partial charge < -0.3 is 19.9 Å². The van der Waals surface area contributed by atoms with Gasteiger partial charge in [0, 0.05) is 6.20 Å². The van der Waals surface area contributed by atoms with Gasteiger partial charge in [-0.1, -0.05) is 43.2 Å². The maximum Gasteiger partial charge on any atom is 0.351 e. The fourth-order valence-electron chi connectivity index (χ4n) is 4.01. The summed E-state index contributed by atoms with van der Waals surface area (Å²) in [7, 11) is 0. The van der Waals surface area contributed by atoms with Crippen LogP contribution in [0.3, 0.4) is 0 Å². The average molecular weight is 385 g/mol. The van der Waals surface area contributed by atoms with E-state index in [4.69, 9.17) is 14.6 Å². The molecule has 8 nitrogen and oxygen atoms in total. The van der Waals surface area contributed by atoms with Gasteiger partial charge in [0.05, 0.1) is 18.6 Å². The molecule has 4 rings (SSSR count). The molecule has 0 spiro atoms. The molecule has 1 aromatic heterocycles. The second-order valence-corrected chi connectivity index (χ2v) is 7.15. The van der Waals surface area contributed by atoms with Gasteiger partial charge in [0.2, 0.25) is 5.91 Å². The molecule has 0 bridgehead atoms. The third kappa shape index (κ3) is 3.46. The Bertz CT molecular complexity index is 892. The van der Waals surface area contributed by atoms with Crippen molar-refractivity contribution in [3.8, 4) is 0 Å². The number of aromatic nitrogens is 2. The van der Waals surface area contributed by atoms with Crippen LogP contribution in [-0.2, 0) is 19.7 Å². The number of nitrogens with zero attached hydrogens (tertiary/aromatic N) is 2. The number of ether oxygens (including phenoxy) is 2. The highest BCUT2D eigenvalue weighted by Gasteiger charge is 2.42. The molecule has 1 aliphatic carbocycles. The number of carbonyl (C=O) groups is 1. The van der Waals surface area contributed by atoms with Crippen molar-refractivity contribution in [3.05, 3.63) is 58.6 Å². The Morgan fingerprint density at radius 1 is 1.25 bits per heavy atom. The summed E-state index contributed by atoms with van der Waals surface area (Å²) in [5.74, 6) is 0.0766. The maximum atomic E-state index is 13.1. The molecule has 1 saturated heterocycles. The summed E-state index contributed by atoms with van der Waals surface area (Å²) in [6.07, 6.45) is 3.65. The van der Waals surface area contributed by atoms with Crippen molar-refractivity contribution >= 4 is 11.7 Å². The van der Waals surface area contributed by atoms with E-state index in [1.54, 1.807) is 6.07 Å². The van der Waals surface area contributed by atoms with Crippen LogP contribution in [0.15, 0.2) is 47.4 Å². The number of amides is 1. The van der Waals surface area contributed by atoms with Gasteiger partial charge in [0.15, 0.2) is 12.5 Å². The summed E-state index contributed by atoms with van der Waals surface area (Å²) < 4.78 is 11.9. The minimum atomic E-state index is -0.746. The average Bonchev–Trinajstić information content (AvgIpc) is 3.39. The molecule has 2 atom stereocenters. The Morgan fingerprint density at radius 2 is 2.00 bits per heavy atom. The molecule has 1 aromatic carbocycles. The van der Waals surface area contributed by atoms with E-state index >= 15 is 0 Å². The van der Waals surface area contributed by atoms with Gasteiger partial charge >= 0.3 is 5.69 Å². The van der Waals surface area contributed by atoms with Crippen LogP contribution in [-0.4, -0.2) is 40.1 Å². The first-order chi connectivity index (χ1) is 13.6. The van der Waals surface area contributed by atoms with Crippen LogP contribution in [0.2, 0.25) is 0 Å². The molecular weight excluding hydrogens is 362 g/mol. The lowest BCUT2D eigenvalue weighted by Crippen LogP contribution is -2.39. The van der Waals surface area contributed by atoms with Crippen molar-refractivity contribution in [1.82, 2.24) is 9.55 Å². The molecule has 1 saturated carbocycles. The normalized spacial score (nSPS) is 23.6. The second-order valence-electron chi connectivity index (χ2n) is 7.15. The number of hydrogen-bond acceptors (Lipinski definition) is 6. The number of aliphatic hydroxyl groups is 1. The number of nitrogens with one attached hydrogen (secondary N) is 1. The highest BCUT2D eigenvalue weighted by molar-refractivity contribution is 5.98. The number of hydrogen-bond donors (Lipinski definition) is 2. The predicted molar refractivity (Wildman–Crippen MR) is 101 cm³/mol. The van der Waals surface area contributed by atoms with Gasteiger partial charge in [0.1, 0.15) is 5.82 Å². The predicted octanol–water partition coefficient (Wildman–Crippen LogP) is 1.56. The van der Waals surface area contributed by atoms with E-state index in [-0.39, 0.29) is 24.9 Å². The lowest BCUT2D eigenvalue weighted by molar-refractivity contribution is -0.121. The van der Waals surface area contributed by atoms with Gasteiger partial charge in [0.25, 0.3) is 0 Å². The van der Waals surface area contributed by atoms with E-state index in [2.05, 4.69) is 10.3 Å². The molecule has 0 radical (unpaired) electrons. The Morgan fingerprint density at radius 3 is 2.64 bits per heavy atom. The highest BCUT2D eigenvalue weighted by Crippen LogP contribution is 2.41. The molecule has 148 valence electrons. The van der Waals surface area contributed by atoms with Crippen LogP contribution < -0.4 is 11.0 Å². The largest absolute Gasteiger partial charge is 0.391 e. The number of aliphatic hydroxyl groups excluding tert-OH is 1. The van der Waals surface area contributed by atoms with E-state index in [9.17, 15) is 9.59 Å². The minimum Gasteiger partial charge on any atom is -0.391 e. The minimum absolute atomic E-state index is 0.137. The summed E-state index contributed by atoms with van der Waals surface area (Å²) in [4.78, 5) is 29.5. The van der Waals surface area contributed by atoms with Gasteiger partial charge in [-0.15, -0.1) is 0 Å². The number of anilines is 1. The molecule has 2 heterocycles. The topological polar surface area (TPSA) is 103 Å². The first-order valence-corrected chi connectivity index (χ1v) is 9.46. The Labute approximate surface area is 162 Å². The SMILES string of the molecule is O=C(Nc1ccn(C2COC(CO)O2)c(=O)n1)C1(c2ccccc2)CCCC1. The van der Waals surface area contributed by atoms with Crippen LogP contribution in [0, 0.1) is 0 Å². The molecular formula is C20H23N3O5. The van der Waals surface area contributed by atoms with Crippen LogP contribution in [0.1, 0.15) is 37.5 Å². The standard InChI is InChI=1S/C20H23N3O5/c24-12-17-27-13-16(28-17)23-11-8-15(22-19(23)26)21-18(25)20(9-4-5-10-20)14-6-2-1-3-7-14/h1-3,6-8,11,16-17,24H,4-5,9-10,12-13H2,(H,21,22,25,26). The lowest BCUT2D eigenvalue weighted by atomic mass is 9.78. The summed E-state index contributed by atoms with van der Waals surface area (Å²) in [5, 5.41) is 11.9. The van der Waals surface area contributed by atoms with E-state index in [0.29, 0.717) is 0 Å². The molecule has 2 unspecified atom stereocenters. The van der Waals surface area contributed by atoms with Crippen LogP contribution in [0.4, 0.5) is 5.82 Å². The molecule has 2 N–H and O–H groups in total. The van der Waals surface area contributed by atoms with Crippen molar-refractivity contribution in [2.24, 2.45) is 0 Å². The Balaban J connectivity index is 1.53. The molecule has 28 heavy (non-hydrogen) atoms. The van der Waals surface area contributed by atoms with E-state index in [0.717, 1.165) is 31.2 Å². The van der Waals surface area contributed by atoms with Crippen LogP contribution >= 0.6 is 0 Å². The molecule has 1 amide bonds. The number of rotatable bonds is 5. The van der Waals surface area contributed by atoms with E-state index in [1.807, 2.05) is 30.3 Å². The smallest absolute Gasteiger partial charge is 0.351 e. The third-order valence-electron chi connectivity index (χ3n) is 5.48. The van der Waals surface area contributed by atoms with Crippen LogP contribution in [0.5, 0.6) is 0 Å². The fourth-order valence-corrected chi connectivity index (χ4v) is 4.01. The van der Waals surface area contributed by atoms with Crippen molar-refractivity contribution in [2.75, 3.05) is 18.5 Å². The van der Waals surface area contributed by atoms with Gasteiger partial charge in [-0.3, -0.25) is 9.36 Å². The van der Waals surface area contributed by atoms with E-state index in [1.165, 1.54) is 10.8 Å². The van der Waals surface area contributed by atoms with Gasteiger partial charge in [-0.2, -0.15) is 4.98 Å². The van der Waals surface area contributed by atoms with Crippen molar-refractivity contribution in [3.63, 3.8) is 0 Å². The summed E-state index contributed by atoms with van der Waals surface area (Å²) in [6, 6.07) is 11.3. The van der Waals surface area contributed by atoms with Gasteiger partial charge in [-0.05, 0) is 24.5 Å². The highest BCUT2D eigenvalue weighted by atomic mass is 16.7. The fraction of sp³-hybridized carbons (Fsp3) is 0.450. The first-order valence-electron chi connectivity index (χ1n) is 9.46. The zero-order valence-corrected chi connectivity index (χ0v) is 15.4. The lowest BCUT2D eigenvalue weighted by Gasteiger charge is -2.28. The maximum absolute atomic E-state index is 13.1. The first kappa shape index (κ1) is 18.8. The molecule has 1 aliphatic heterocycles. The molecule has 8 heteroatoms. The van der Waals surface area contributed by atoms with Crippen molar-refractivity contribution in [2.45, 2.75) is 43.6 Å². The summed E-state index contributed by atoms with van der Waals surface area (Å²) >= 11 is 0. The molecule has 2 aromatic rings. The number of carbonyl (C=O) groups excluding carboxylic acids is 1. The second kappa shape index (κ2) is 7.83. The van der Waals surface area contributed by atoms with Crippen molar-refractivity contribution < 1.29 is 19.4 Å². The van der Waals surface area contributed by atoms with Crippen molar-refractivity contribution in [1.29, 1.82) is 0 Å². The quantitative estimate of drug-likeness (QED) is 0.810. The third-order valence-corrected chi connectivity index (χ3v) is 5.48. The summed E-state index contributed by atoms with van der Waals surface area (Å²) in [6.45, 7) is -0.135. The van der Waals surface area contributed by atoms with E-state index < -0.39 is 23.6 Å². The Kier molecular flexibility index (Phi) is 5.25. The molecule has 2 aliphatic rings. The Hall–Kier alpha value is -2.55. The zero-order valence-electron chi connectivity index (χ0n) is 15.4. The van der Waals surface area contributed by atoms with Crippen LogP contribution in [0.25, 0.3) is 0 Å². The monoisotopic (exact) mass is 385 g/mol. The summed E-state index contributed by atoms with van der Waals surface area (Å²) in [5.41, 5.74) is -0.149. The van der Waals surface area contributed by atoms with Gasteiger partial charge in [-0.25, -0.2) is 4.79 Å².